The van der Waals surface area contributed by atoms with Crippen LogP contribution in [0.4, 0.5) is 5.69 Å². The smallest absolute Gasteiger partial charge is 0.352 e. The second-order valence-electron chi connectivity index (χ2n) is 7.43. The average molecular weight is 513 g/mol. The predicted octanol–water partition coefficient (Wildman–Crippen LogP) is 0.716. The molecule has 1 aromatic rings. The van der Waals surface area contributed by atoms with Gasteiger partial charge in [-0.2, -0.15) is 11.8 Å². The van der Waals surface area contributed by atoms with E-state index in [4.69, 9.17) is 5.73 Å². The molecule has 2 unspecified atom stereocenters. The number of amides is 2. The molecular weight excluding hydrogens is 488 g/mol. The lowest BCUT2D eigenvalue weighted by Crippen LogP contribution is -2.71. The van der Waals surface area contributed by atoms with Crippen LogP contribution in [0.5, 0.6) is 0 Å². The summed E-state index contributed by atoms with van der Waals surface area (Å²) in [7, 11) is -3.50. The van der Waals surface area contributed by atoms with Crippen LogP contribution in [0.3, 0.4) is 0 Å². The topological polar surface area (TPSA) is 159 Å². The minimum Gasteiger partial charge on any atom is -0.477 e. The number of sulfonamides is 1. The lowest BCUT2D eigenvalue weighted by Gasteiger charge is -2.49. The van der Waals surface area contributed by atoms with E-state index in [9.17, 15) is 27.9 Å². The lowest BCUT2D eigenvalue weighted by molar-refractivity contribution is -0.150. The van der Waals surface area contributed by atoms with E-state index in [2.05, 4.69) is 16.6 Å². The molecule has 13 heteroatoms. The van der Waals surface area contributed by atoms with Crippen molar-refractivity contribution in [3.63, 3.8) is 0 Å². The Labute approximate surface area is 200 Å². The summed E-state index contributed by atoms with van der Waals surface area (Å²) in [4.78, 5) is 38.5. The fourth-order valence-electron chi connectivity index (χ4n) is 3.46. The van der Waals surface area contributed by atoms with Gasteiger partial charge in [-0.3, -0.25) is 19.2 Å². The van der Waals surface area contributed by atoms with Gasteiger partial charge in [0.25, 0.3) is 5.91 Å². The molecule has 5 N–H and O–H groups in total. The molecule has 178 valence electrons. The number of β-lactam (4-membered cyclic amide) rings is 1. The molecule has 0 aliphatic carbocycles. The number of fused-ring (bicyclic) bond motifs is 1. The minimum atomic E-state index is -3.50. The first-order chi connectivity index (χ1) is 15.5. The molecule has 3 rings (SSSR count). The minimum absolute atomic E-state index is 0.0327. The van der Waals surface area contributed by atoms with Crippen LogP contribution in [0.25, 0.3) is 0 Å². The average Bonchev–Trinajstić information content (AvgIpc) is 2.75. The number of nitrogens with two attached hydrogens (primary N) is 1. The summed E-state index contributed by atoms with van der Waals surface area (Å²) in [5.74, 6) is -0.758. The lowest BCUT2D eigenvalue weighted by atomic mass is 10.0. The van der Waals surface area contributed by atoms with E-state index in [0.717, 1.165) is 6.26 Å². The molecule has 33 heavy (non-hydrogen) atoms. The van der Waals surface area contributed by atoms with Gasteiger partial charge in [0.15, 0.2) is 0 Å². The molecule has 2 aliphatic heterocycles. The first kappa shape index (κ1) is 25.1. The maximum absolute atomic E-state index is 12.8. The molecule has 0 saturated carbocycles. The van der Waals surface area contributed by atoms with Crippen LogP contribution in [0.2, 0.25) is 0 Å². The van der Waals surface area contributed by atoms with E-state index in [-0.39, 0.29) is 11.4 Å². The Hall–Kier alpha value is -2.48. The number of carboxylic acids is 1. The monoisotopic (exact) mass is 512 g/mol. The molecule has 10 nitrogen and oxygen atoms in total. The van der Waals surface area contributed by atoms with Crippen LogP contribution >= 0.6 is 23.5 Å². The summed E-state index contributed by atoms with van der Waals surface area (Å²) < 4.78 is 25.2. The first-order valence-corrected chi connectivity index (χ1v) is 13.9. The zero-order chi connectivity index (χ0) is 24.3. The molecule has 2 heterocycles. The number of hydrogen-bond acceptors (Lipinski definition) is 8. The highest BCUT2D eigenvalue weighted by molar-refractivity contribution is 8.01. The van der Waals surface area contributed by atoms with Gasteiger partial charge in [-0.05, 0) is 23.3 Å². The van der Waals surface area contributed by atoms with Gasteiger partial charge >= 0.3 is 5.97 Å². The number of carbonyl (C=O) groups is 3. The Balaban J connectivity index is 1.70. The summed E-state index contributed by atoms with van der Waals surface area (Å²) in [5.41, 5.74) is 7.27. The fourth-order valence-corrected chi connectivity index (χ4v) is 6.26. The van der Waals surface area contributed by atoms with Gasteiger partial charge in [0.1, 0.15) is 23.2 Å². The zero-order valence-corrected chi connectivity index (χ0v) is 20.1. The Morgan fingerprint density at radius 2 is 2.18 bits per heavy atom. The zero-order valence-electron chi connectivity index (χ0n) is 17.7. The van der Waals surface area contributed by atoms with Gasteiger partial charge in [-0.1, -0.05) is 18.2 Å². The summed E-state index contributed by atoms with van der Waals surface area (Å²) in [5, 5.41) is 11.7. The highest BCUT2D eigenvalue weighted by Crippen LogP contribution is 2.41. The first-order valence-electron chi connectivity index (χ1n) is 9.76. The molecule has 0 spiro atoms. The number of aliphatic carboxylic acids is 1. The summed E-state index contributed by atoms with van der Waals surface area (Å²) in [6, 6.07) is 4.03. The Morgan fingerprint density at radius 1 is 1.45 bits per heavy atom. The molecular formula is C20H24N4O6S3. The molecule has 1 saturated heterocycles. The number of benzene rings is 1. The molecule has 0 aromatic heterocycles. The largest absolute Gasteiger partial charge is 0.477 e. The number of carbonyl (C=O) groups excluding carboxylic acids is 2. The molecule has 2 aliphatic rings. The fraction of sp³-hybridized carbons (Fsp3) is 0.350. The van der Waals surface area contributed by atoms with Crippen molar-refractivity contribution >= 4 is 57.0 Å². The van der Waals surface area contributed by atoms with Crippen molar-refractivity contribution in [2.75, 3.05) is 28.2 Å². The normalized spacial score (nSPS) is 21.0. The number of anilines is 1. The number of nitrogens with zero attached hydrogens (tertiary/aromatic N) is 1. The van der Waals surface area contributed by atoms with Crippen molar-refractivity contribution in [1.29, 1.82) is 0 Å². The number of nitrogens with one attached hydrogen (secondary N) is 2. The van der Waals surface area contributed by atoms with Crippen LogP contribution in [0.1, 0.15) is 11.6 Å². The van der Waals surface area contributed by atoms with Crippen LogP contribution in [0.15, 0.2) is 48.2 Å². The van der Waals surface area contributed by atoms with Crippen molar-refractivity contribution in [2.45, 2.75) is 17.5 Å². The van der Waals surface area contributed by atoms with E-state index >= 15 is 0 Å². The van der Waals surface area contributed by atoms with Crippen LogP contribution < -0.4 is 15.8 Å². The molecule has 0 bridgehead atoms. The van der Waals surface area contributed by atoms with E-state index in [1.165, 1.54) is 40.6 Å². The van der Waals surface area contributed by atoms with Gasteiger partial charge in [0.2, 0.25) is 15.9 Å². The Morgan fingerprint density at radius 3 is 2.82 bits per heavy atom. The Kier molecular flexibility index (Phi) is 7.77. The van der Waals surface area contributed by atoms with E-state index < -0.39 is 45.3 Å². The second-order valence-corrected chi connectivity index (χ2v) is 11.3. The maximum Gasteiger partial charge on any atom is 0.352 e. The predicted molar refractivity (Wildman–Crippen MR) is 129 cm³/mol. The SMILES string of the molecule is C=CCSCC1=C(C(=O)O)N2C(=O)C(NC(=O)C(N)c3cccc(NS(C)(=O)=O)c3)[C@@H]2SC1. The number of hydrogen-bond donors (Lipinski definition) is 4. The van der Waals surface area contributed by atoms with E-state index in [0.29, 0.717) is 28.4 Å². The van der Waals surface area contributed by atoms with Gasteiger partial charge in [-0.15, -0.1) is 18.3 Å². The number of rotatable bonds is 10. The third-order valence-corrected chi connectivity index (χ3v) is 7.86. The van der Waals surface area contributed by atoms with Crippen LogP contribution in [-0.4, -0.2) is 71.1 Å². The summed E-state index contributed by atoms with van der Waals surface area (Å²) in [6.07, 6.45) is 2.73. The van der Waals surface area contributed by atoms with E-state index in [1.54, 1.807) is 18.2 Å². The van der Waals surface area contributed by atoms with Gasteiger partial charge < -0.3 is 16.2 Å². The molecule has 0 radical (unpaired) electrons. The highest BCUT2D eigenvalue weighted by atomic mass is 32.2. The third-order valence-electron chi connectivity index (χ3n) is 4.89. The van der Waals surface area contributed by atoms with Crippen molar-refractivity contribution in [2.24, 2.45) is 5.73 Å². The quantitative estimate of drug-likeness (QED) is 0.201. The van der Waals surface area contributed by atoms with Gasteiger partial charge in [0.05, 0.1) is 6.26 Å². The van der Waals surface area contributed by atoms with E-state index in [1.807, 2.05) is 0 Å². The summed E-state index contributed by atoms with van der Waals surface area (Å²) in [6.45, 7) is 3.64. The summed E-state index contributed by atoms with van der Waals surface area (Å²) >= 11 is 2.89. The third kappa shape index (κ3) is 5.72. The van der Waals surface area contributed by atoms with Crippen molar-refractivity contribution in [1.82, 2.24) is 10.2 Å². The number of thioether (sulfide) groups is 2. The standard InChI is InChI=1S/C20H24N4O6S3/c1-3-7-31-9-12-10-32-19-15(18(26)24(19)16(12)20(27)28)22-17(25)14(21)11-5-4-6-13(8-11)23-33(2,29)30/h3-6,8,14-15,19,23H,1,7,9-10,21H2,2H3,(H,22,25)(H,27,28)/t14?,15?,19-/m0/s1. The molecule has 3 atom stereocenters. The molecule has 1 aromatic carbocycles. The molecule has 2 amide bonds. The second kappa shape index (κ2) is 10.2. The van der Waals surface area contributed by atoms with Crippen LogP contribution in [0, 0.1) is 0 Å². The Bertz CT molecular complexity index is 1120. The van der Waals surface area contributed by atoms with Crippen molar-refractivity contribution in [3.8, 4) is 0 Å². The maximum atomic E-state index is 12.8. The van der Waals surface area contributed by atoms with Crippen molar-refractivity contribution < 1.29 is 27.9 Å². The van der Waals surface area contributed by atoms with Gasteiger partial charge in [0, 0.05) is 22.9 Å². The number of carboxylic acid groups (broad SMARTS) is 1. The van der Waals surface area contributed by atoms with Gasteiger partial charge in [-0.25, -0.2) is 13.2 Å². The van der Waals surface area contributed by atoms with Crippen molar-refractivity contribution in [3.05, 3.63) is 53.8 Å². The highest BCUT2D eigenvalue weighted by Gasteiger charge is 2.54. The molecule has 1 fully saturated rings. The van der Waals surface area contributed by atoms with Crippen LogP contribution in [-0.2, 0) is 24.4 Å².